The van der Waals surface area contributed by atoms with Crippen LogP contribution in [-0.2, 0) is 4.74 Å². The summed E-state index contributed by atoms with van der Waals surface area (Å²) in [5, 5.41) is 8.32. The second-order valence-corrected chi connectivity index (χ2v) is 6.50. The molecular formula is C15H24N4O2. The van der Waals surface area contributed by atoms with E-state index < -0.39 is 5.60 Å². The molecule has 1 aliphatic rings. The van der Waals surface area contributed by atoms with Gasteiger partial charge in [-0.25, -0.2) is 4.79 Å². The second kappa shape index (κ2) is 5.87. The molecule has 0 N–H and O–H groups in total. The summed E-state index contributed by atoms with van der Waals surface area (Å²) in [6, 6.07) is 4.11. The van der Waals surface area contributed by atoms with E-state index in [1.807, 2.05) is 39.8 Å². The molecular weight excluding hydrogens is 268 g/mol. The number of aromatic nitrogens is 2. The molecule has 6 nitrogen and oxygen atoms in total. The molecule has 0 bridgehead atoms. The van der Waals surface area contributed by atoms with Crippen molar-refractivity contribution in [1.82, 2.24) is 15.1 Å². The number of anilines is 1. The van der Waals surface area contributed by atoms with Gasteiger partial charge in [0.25, 0.3) is 0 Å². The van der Waals surface area contributed by atoms with E-state index in [9.17, 15) is 4.79 Å². The van der Waals surface area contributed by atoms with E-state index in [0.717, 1.165) is 18.1 Å². The summed E-state index contributed by atoms with van der Waals surface area (Å²) in [5.74, 6) is 0.858. The predicted molar refractivity (Wildman–Crippen MR) is 81.4 cm³/mol. The maximum atomic E-state index is 12.1. The molecule has 1 aliphatic heterocycles. The van der Waals surface area contributed by atoms with Gasteiger partial charge in [0.05, 0.1) is 5.69 Å². The Hall–Kier alpha value is -1.85. The molecule has 0 saturated carbocycles. The van der Waals surface area contributed by atoms with Crippen molar-refractivity contribution < 1.29 is 9.53 Å². The standard InChI is InChI=1S/C15H24N4O2/c1-11-6-7-13(17-16-11)19-9-8-18(10-12(19)2)14(20)21-15(3,4)5/h6-7,12H,8-10H2,1-5H3/t12-/m0/s1. The zero-order valence-corrected chi connectivity index (χ0v) is 13.5. The number of carbonyl (C=O) groups excluding carboxylic acids is 1. The van der Waals surface area contributed by atoms with Crippen molar-refractivity contribution in [2.75, 3.05) is 24.5 Å². The molecule has 0 radical (unpaired) electrons. The summed E-state index contributed by atoms with van der Waals surface area (Å²) in [6.45, 7) is 11.6. The van der Waals surface area contributed by atoms with Gasteiger partial charge in [-0.1, -0.05) is 0 Å². The molecule has 0 spiro atoms. The lowest BCUT2D eigenvalue weighted by atomic mass is 10.2. The number of nitrogens with zero attached hydrogens (tertiary/aromatic N) is 4. The first kappa shape index (κ1) is 15.5. The van der Waals surface area contributed by atoms with E-state index in [0.29, 0.717) is 13.1 Å². The molecule has 1 aromatic heterocycles. The maximum absolute atomic E-state index is 12.1. The van der Waals surface area contributed by atoms with Gasteiger partial charge in [0.15, 0.2) is 5.82 Å². The number of hydrogen-bond acceptors (Lipinski definition) is 5. The Bertz CT molecular complexity index is 495. The van der Waals surface area contributed by atoms with Crippen molar-refractivity contribution in [1.29, 1.82) is 0 Å². The molecule has 2 heterocycles. The van der Waals surface area contributed by atoms with Crippen LogP contribution in [0.3, 0.4) is 0 Å². The van der Waals surface area contributed by atoms with Gasteiger partial charge in [-0.05, 0) is 46.8 Å². The van der Waals surface area contributed by atoms with Gasteiger partial charge >= 0.3 is 6.09 Å². The smallest absolute Gasteiger partial charge is 0.410 e. The maximum Gasteiger partial charge on any atom is 0.410 e. The van der Waals surface area contributed by atoms with Gasteiger partial charge in [-0.2, -0.15) is 5.10 Å². The van der Waals surface area contributed by atoms with Gasteiger partial charge in [-0.3, -0.25) is 0 Å². The van der Waals surface area contributed by atoms with Crippen molar-refractivity contribution in [2.45, 2.75) is 46.3 Å². The third kappa shape index (κ3) is 4.06. The largest absolute Gasteiger partial charge is 0.444 e. The topological polar surface area (TPSA) is 58.6 Å². The van der Waals surface area contributed by atoms with E-state index in [1.165, 1.54) is 0 Å². The fourth-order valence-corrected chi connectivity index (χ4v) is 2.34. The minimum Gasteiger partial charge on any atom is -0.444 e. The zero-order valence-electron chi connectivity index (χ0n) is 13.5. The molecule has 1 saturated heterocycles. The van der Waals surface area contributed by atoms with Crippen LogP contribution in [-0.4, -0.2) is 52.5 Å². The van der Waals surface area contributed by atoms with Crippen LogP contribution in [0.4, 0.5) is 10.6 Å². The summed E-state index contributed by atoms with van der Waals surface area (Å²) in [4.78, 5) is 16.0. The molecule has 1 fully saturated rings. The highest BCUT2D eigenvalue weighted by atomic mass is 16.6. The first-order valence-corrected chi connectivity index (χ1v) is 7.31. The van der Waals surface area contributed by atoms with Crippen molar-refractivity contribution in [2.24, 2.45) is 0 Å². The summed E-state index contributed by atoms with van der Waals surface area (Å²) in [7, 11) is 0. The number of amides is 1. The summed E-state index contributed by atoms with van der Waals surface area (Å²) in [5.41, 5.74) is 0.443. The first-order chi connectivity index (χ1) is 9.76. The first-order valence-electron chi connectivity index (χ1n) is 7.31. The van der Waals surface area contributed by atoms with E-state index in [4.69, 9.17) is 4.74 Å². The third-order valence-corrected chi connectivity index (χ3v) is 3.36. The molecule has 0 aliphatic carbocycles. The Kier molecular flexibility index (Phi) is 4.34. The van der Waals surface area contributed by atoms with Crippen molar-refractivity contribution >= 4 is 11.9 Å². The van der Waals surface area contributed by atoms with Crippen molar-refractivity contribution in [3.05, 3.63) is 17.8 Å². The highest BCUT2D eigenvalue weighted by molar-refractivity contribution is 5.68. The Morgan fingerprint density at radius 1 is 1.29 bits per heavy atom. The number of hydrogen-bond donors (Lipinski definition) is 0. The van der Waals surface area contributed by atoms with Crippen LogP contribution in [0.25, 0.3) is 0 Å². The summed E-state index contributed by atoms with van der Waals surface area (Å²) in [6.07, 6.45) is -0.246. The van der Waals surface area contributed by atoms with Crippen LogP contribution >= 0.6 is 0 Å². The van der Waals surface area contributed by atoms with E-state index in [1.54, 1.807) is 4.90 Å². The quantitative estimate of drug-likeness (QED) is 0.794. The molecule has 1 amide bonds. The van der Waals surface area contributed by atoms with Gasteiger partial charge < -0.3 is 14.5 Å². The van der Waals surface area contributed by atoms with Crippen LogP contribution in [0.1, 0.15) is 33.4 Å². The number of rotatable bonds is 1. The van der Waals surface area contributed by atoms with Crippen LogP contribution < -0.4 is 4.90 Å². The molecule has 0 aromatic carbocycles. The minimum atomic E-state index is -0.458. The molecule has 1 aromatic rings. The highest BCUT2D eigenvalue weighted by Gasteiger charge is 2.30. The normalized spacial score (nSPS) is 19.6. The van der Waals surface area contributed by atoms with Crippen LogP contribution in [0.2, 0.25) is 0 Å². The fraction of sp³-hybridized carbons (Fsp3) is 0.667. The molecule has 2 rings (SSSR count). The Labute approximate surface area is 126 Å². The Morgan fingerprint density at radius 3 is 2.52 bits per heavy atom. The lowest BCUT2D eigenvalue weighted by molar-refractivity contribution is 0.0218. The Morgan fingerprint density at radius 2 is 2.00 bits per heavy atom. The molecule has 21 heavy (non-hydrogen) atoms. The average molecular weight is 292 g/mol. The monoisotopic (exact) mass is 292 g/mol. The molecule has 116 valence electrons. The SMILES string of the molecule is Cc1ccc(N2CCN(C(=O)OC(C)(C)C)C[C@@H]2C)nn1. The number of piperazine rings is 1. The minimum absolute atomic E-state index is 0.184. The van der Waals surface area contributed by atoms with Crippen LogP contribution in [0.5, 0.6) is 0 Å². The number of ether oxygens (including phenoxy) is 1. The van der Waals surface area contributed by atoms with Crippen LogP contribution in [0.15, 0.2) is 12.1 Å². The Balaban J connectivity index is 1.99. The second-order valence-electron chi connectivity index (χ2n) is 6.50. The molecule has 6 heteroatoms. The van der Waals surface area contributed by atoms with Crippen molar-refractivity contribution in [3.63, 3.8) is 0 Å². The number of carbonyl (C=O) groups is 1. The molecule has 1 atom stereocenters. The van der Waals surface area contributed by atoms with Gasteiger partial charge in [0.1, 0.15) is 5.60 Å². The summed E-state index contributed by atoms with van der Waals surface area (Å²) >= 11 is 0. The van der Waals surface area contributed by atoms with E-state index in [-0.39, 0.29) is 12.1 Å². The van der Waals surface area contributed by atoms with Crippen LogP contribution in [0, 0.1) is 6.92 Å². The van der Waals surface area contributed by atoms with Gasteiger partial charge in [-0.15, -0.1) is 5.10 Å². The highest BCUT2D eigenvalue weighted by Crippen LogP contribution is 2.19. The number of aryl methyl sites for hydroxylation is 1. The van der Waals surface area contributed by atoms with E-state index in [2.05, 4.69) is 22.0 Å². The van der Waals surface area contributed by atoms with E-state index >= 15 is 0 Å². The summed E-state index contributed by atoms with van der Waals surface area (Å²) < 4.78 is 5.42. The fourth-order valence-electron chi connectivity index (χ4n) is 2.34. The predicted octanol–water partition coefficient (Wildman–Crippen LogP) is 2.23. The zero-order chi connectivity index (χ0) is 15.6. The third-order valence-electron chi connectivity index (χ3n) is 3.36. The lowest BCUT2D eigenvalue weighted by Gasteiger charge is -2.40. The van der Waals surface area contributed by atoms with Crippen molar-refractivity contribution in [3.8, 4) is 0 Å². The average Bonchev–Trinajstić information content (AvgIpc) is 2.38. The van der Waals surface area contributed by atoms with Gasteiger partial charge in [0, 0.05) is 25.7 Å². The lowest BCUT2D eigenvalue weighted by Crippen LogP contribution is -2.54. The molecule has 0 unspecified atom stereocenters. The van der Waals surface area contributed by atoms with Gasteiger partial charge in [0.2, 0.25) is 0 Å².